The summed E-state index contributed by atoms with van der Waals surface area (Å²) in [5, 5.41) is 16.6. The van der Waals surface area contributed by atoms with Crippen LogP contribution in [-0.2, 0) is 11.3 Å². The summed E-state index contributed by atoms with van der Waals surface area (Å²) in [4.78, 5) is 4.08. The molecular weight excluding hydrogens is 258 g/mol. The quantitative estimate of drug-likeness (QED) is 0.788. The number of rotatable bonds is 7. The average molecular weight is 283 g/mol. The molecule has 0 aliphatic heterocycles. The van der Waals surface area contributed by atoms with Crippen LogP contribution < -0.4 is 5.32 Å². The van der Waals surface area contributed by atoms with Crippen LogP contribution in [-0.4, -0.2) is 40.6 Å². The molecule has 1 aliphatic rings. The van der Waals surface area contributed by atoms with Crippen LogP contribution in [0.2, 0.25) is 0 Å². The number of aliphatic hydroxyl groups is 1. The van der Waals surface area contributed by atoms with E-state index in [4.69, 9.17) is 9.26 Å². The van der Waals surface area contributed by atoms with Gasteiger partial charge in [-0.25, -0.2) is 0 Å². The Morgan fingerprint density at radius 3 is 2.80 bits per heavy atom. The summed E-state index contributed by atoms with van der Waals surface area (Å²) >= 11 is 0. The highest BCUT2D eigenvalue weighted by Gasteiger charge is 2.19. The first-order valence-corrected chi connectivity index (χ1v) is 7.43. The standard InChI is InChI=1S/C14H25N3O3/c1-10-3-5-13(6-4-10)19-9-12(18)7-15-8-14-16-11(2)17-20-14/h10,12-13,15,18H,3-9H2,1-2H3. The Kier molecular flexibility index (Phi) is 5.94. The van der Waals surface area contributed by atoms with Crippen LogP contribution in [0.4, 0.5) is 0 Å². The van der Waals surface area contributed by atoms with Gasteiger partial charge in [-0.15, -0.1) is 0 Å². The van der Waals surface area contributed by atoms with E-state index in [-0.39, 0.29) is 0 Å². The molecule has 114 valence electrons. The number of hydrogen-bond donors (Lipinski definition) is 2. The molecule has 1 aromatic heterocycles. The van der Waals surface area contributed by atoms with Crippen molar-refractivity contribution in [2.24, 2.45) is 5.92 Å². The SMILES string of the molecule is Cc1noc(CNCC(O)COC2CCC(C)CC2)n1. The molecule has 1 fully saturated rings. The molecule has 2 rings (SSSR count). The first-order valence-electron chi connectivity index (χ1n) is 7.43. The summed E-state index contributed by atoms with van der Waals surface area (Å²) in [7, 11) is 0. The molecule has 1 heterocycles. The van der Waals surface area contributed by atoms with Crippen LogP contribution in [0.1, 0.15) is 44.3 Å². The molecule has 6 heteroatoms. The van der Waals surface area contributed by atoms with Crippen molar-refractivity contribution in [3.63, 3.8) is 0 Å². The number of nitrogens with one attached hydrogen (secondary N) is 1. The Hall–Kier alpha value is -0.980. The van der Waals surface area contributed by atoms with Crippen molar-refractivity contribution in [2.45, 2.75) is 58.3 Å². The zero-order valence-electron chi connectivity index (χ0n) is 12.3. The zero-order chi connectivity index (χ0) is 14.4. The molecule has 0 bridgehead atoms. The smallest absolute Gasteiger partial charge is 0.240 e. The molecule has 1 atom stereocenters. The summed E-state index contributed by atoms with van der Waals surface area (Å²) in [6, 6.07) is 0. The van der Waals surface area contributed by atoms with E-state index in [1.807, 2.05) is 0 Å². The van der Waals surface area contributed by atoms with Gasteiger partial charge in [0.1, 0.15) is 0 Å². The van der Waals surface area contributed by atoms with Crippen molar-refractivity contribution in [3.8, 4) is 0 Å². The molecule has 0 amide bonds. The second-order valence-electron chi connectivity index (χ2n) is 5.74. The van der Waals surface area contributed by atoms with E-state index in [1.54, 1.807) is 6.92 Å². The molecule has 1 aliphatic carbocycles. The molecule has 1 saturated carbocycles. The third kappa shape index (κ3) is 5.19. The van der Waals surface area contributed by atoms with E-state index in [0.29, 0.717) is 37.5 Å². The summed E-state index contributed by atoms with van der Waals surface area (Å²) in [6.45, 7) is 5.38. The second kappa shape index (κ2) is 7.71. The van der Waals surface area contributed by atoms with Gasteiger partial charge in [0.05, 0.1) is 25.4 Å². The third-order valence-corrected chi connectivity index (χ3v) is 3.71. The number of aliphatic hydroxyl groups excluding tert-OH is 1. The van der Waals surface area contributed by atoms with Crippen molar-refractivity contribution in [1.82, 2.24) is 15.5 Å². The van der Waals surface area contributed by atoms with Gasteiger partial charge in [0.2, 0.25) is 5.89 Å². The van der Waals surface area contributed by atoms with E-state index >= 15 is 0 Å². The van der Waals surface area contributed by atoms with Gasteiger partial charge in [-0.2, -0.15) is 4.98 Å². The van der Waals surface area contributed by atoms with Gasteiger partial charge < -0.3 is 19.7 Å². The molecule has 0 radical (unpaired) electrons. The minimum absolute atomic E-state index is 0.319. The lowest BCUT2D eigenvalue weighted by atomic mass is 9.89. The van der Waals surface area contributed by atoms with Gasteiger partial charge in [-0.3, -0.25) is 0 Å². The highest BCUT2D eigenvalue weighted by atomic mass is 16.5. The van der Waals surface area contributed by atoms with E-state index in [1.165, 1.54) is 12.8 Å². The minimum atomic E-state index is -0.502. The van der Waals surface area contributed by atoms with Gasteiger partial charge in [0, 0.05) is 6.54 Å². The van der Waals surface area contributed by atoms with Crippen LogP contribution in [0.5, 0.6) is 0 Å². The number of nitrogens with zero attached hydrogens (tertiary/aromatic N) is 2. The van der Waals surface area contributed by atoms with E-state index < -0.39 is 6.10 Å². The maximum Gasteiger partial charge on any atom is 0.240 e. The number of aryl methyl sites for hydroxylation is 1. The molecule has 2 N–H and O–H groups in total. The molecule has 1 aromatic rings. The van der Waals surface area contributed by atoms with Gasteiger partial charge in [0.15, 0.2) is 5.82 Å². The molecule has 1 unspecified atom stereocenters. The molecule has 0 spiro atoms. The zero-order valence-corrected chi connectivity index (χ0v) is 12.3. The number of ether oxygens (including phenoxy) is 1. The van der Waals surface area contributed by atoms with Gasteiger partial charge in [-0.1, -0.05) is 12.1 Å². The average Bonchev–Trinajstić information content (AvgIpc) is 2.84. The number of aromatic nitrogens is 2. The van der Waals surface area contributed by atoms with Gasteiger partial charge >= 0.3 is 0 Å². The van der Waals surface area contributed by atoms with Crippen molar-refractivity contribution in [1.29, 1.82) is 0 Å². The van der Waals surface area contributed by atoms with Crippen LogP contribution >= 0.6 is 0 Å². The topological polar surface area (TPSA) is 80.4 Å². The highest BCUT2D eigenvalue weighted by Crippen LogP contribution is 2.25. The van der Waals surface area contributed by atoms with Crippen LogP contribution in [0.3, 0.4) is 0 Å². The fourth-order valence-corrected chi connectivity index (χ4v) is 2.46. The molecule has 6 nitrogen and oxygen atoms in total. The lowest BCUT2D eigenvalue weighted by Crippen LogP contribution is -2.32. The predicted octanol–water partition coefficient (Wildman–Crippen LogP) is 1.42. The monoisotopic (exact) mass is 283 g/mol. The summed E-state index contributed by atoms with van der Waals surface area (Å²) in [5.74, 6) is 1.98. The third-order valence-electron chi connectivity index (χ3n) is 3.71. The maximum atomic E-state index is 9.86. The number of hydrogen-bond acceptors (Lipinski definition) is 6. The van der Waals surface area contributed by atoms with Crippen molar-refractivity contribution >= 4 is 0 Å². The molecule has 20 heavy (non-hydrogen) atoms. The van der Waals surface area contributed by atoms with Crippen molar-refractivity contribution in [3.05, 3.63) is 11.7 Å². The lowest BCUT2D eigenvalue weighted by Gasteiger charge is -2.27. The molecule has 0 saturated heterocycles. The van der Waals surface area contributed by atoms with E-state index in [9.17, 15) is 5.11 Å². The summed E-state index contributed by atoms with van der Waals surface area (Å²) in [6.07, 6.45) is 4.51. The fourth-order valence-electron chi connectivity index (χ4n) is 2.46. The largest absolute Gasteiger partial charge is 0.389 e. The van der Waals surface area contributed by atoms with E-state index in [0.717, 1.165) is 18.8 Å². The Labute approximate surface area is 119 Å². The highest BCUT2D eigenvalue weighted by molar-refractivity contribution is 4.82. The molecular formula is C14H25N3O3. The Morgan fingerprint density at radius 1 is 1.40 bits per heavy atom. The maximum absolute atomic E-state index is 9.86. The predicted molar refractivity (Wildman–Crippen MR) is 74.1 cm³/mol. The first-order chi connectivity index (χ1) is 9.63. The Morgan fingerprint density at radius 2 is 2.15 bits per heavy atom. The van der Waals surface area contributed by atoms with Crippen LogP contribution in [0, 0.1) is 12.8 Å². The van der Waals surface area contributed by atoms with Crippen LogP contribution in [0.15, 0.2) is 4.52 Å². The van der Waals surface area contributed by atoms with Crippen molar-refractivity contribution < 1.29 is 14.4 Å². The first kappa shape index (κ1) is 15.4. The minimum Gasteiger partial charge on any atom is -0.389 e. The Bertz CT molecular complexity index is 389. The van der Waals surface area contributed by atoms with Crippen molar-refractivity contribution in [2.75, 3.05) is 13.2 Å². The lowest BCUT2D eigenvalue weighted by molar-refractivity contribution is -0.0279. The van der Waals surface area contributed by atoms with E-state index in [2.05, 4.69) is 22.4 Å². The summed E-state index contributed by atoms with van der Waals surface area (Å²) < 4.78 is 10.7. The Balaban J connectivity index is 1.55. The van der Waals surface area contributed by atoms with Crippen LogP contribution in [0.25, 0.3) is 0 Å². The normalized spacial score (nSPS) is 24.8. The van der Waals surface area contributed by atoms with Gasteiger partial charge in [-0.05, 0) is 38.5 Å². The summed E-state index contributed by atoms with van der Waals surface area (Å²) in [5.41, 5.74) is 0. The molecule has 0 aromatic carbocycles. The van der Waals surface area contributed by atoms with Gasteiger partial charge in [0.25, 0.3) is 0 Å². The second-order valence-corrected chi connectivity index (χ2v) is 5.74. The fraction of sp³-hybridized carbons (Fsp3) is 0.857.